The Hall–Kier alpha value is -0.780. The molecule has 2 aromatic heterocycles. The third-order valence-electron chi connectivity index (χ3n) is 2.66. The van der Waals surface area contributed by atoms with Crippen molar-refractivity contribution in [1.82, 2.24) is 15.3 Å². The summed E-state index contributed by atoms with van der Waals surface area (Å²) in [7, 11) is 1.97. The zero-order valence-corrected chi connectivity index (χ0v) is 13.8. The normalized spacial score (nSPS) is 11.2. The van der Waals surface area contributed by atoms with Crippen molar-refractivity contribution in [3.05, 3.63) is 33.4 Å². The van der Waals surface area contributed by atoms with Crippen LogP contribution in [0, 0.1) is 5.92 Å². The van der Waals surface area contributed by atoms with Crippen molar-refractivity contribution in [2.24, 2.45) is 5.92 Å². The fraction of sp³-hybridized carbons (Fsp3) is 0.429. The Kier molecular flexibility index (Phi) is 5.07. The van der Waals surface area contributed by atoms with Crippen LogP contribution in [0.25, 0.3) is 10.7 Å². The second-order valence-corrected chi connectivity index (χ2v) is 6.88. The van der Waals surface area contributed by atoms with Crippen molar-refractivity contribution < 1.29 is 0 Å². The molecule has 0 saturated carbocycles. The maximum absolute atomic E-state index is 4.77. The van der Waals surface area contributed by atoms with Crippen LogP contribution >= 0.6 is 27.3 Å². The summed E-state index contributed by atoms with van der Waals surface area (Å²) < 4.78 is 0.991. The van der Waals surface area contributed by atoms with E-state index in [1.165, 1.54) is 10.6 Å². The molecule has 2 heterocycles. The molecule has 102 valence electrons. The molecule has 19 heavy (non-hydrogen) atoms. The number of rotatable bonds is 5. The van der Waals surface area contributed by atoms with E-state index in [1.807, 2.05) is 25.4 Å². The summed E-state index contributed by atoms with van der Waals surface area (Å²) in [6.45, 7) is 5.32. The van der Waals surface area contributed by atoms with Gasteiger partial charge < -0.3 is 5.32 Å². The smallest absolute Gasteiger partial charge is 0.142 e. The van der Waals surface area contributed by atoms with Crippen LogP contribution in [-0.4, -0.2) is 17.0 Å². The van der Waals surface area contributed by atoms with Gasteiger partial charge in [-0.3, -0.25) is 4.98 Å². The first-order valence-electron chi connectivity index (χ1n) is 6.35. The summed E-state index contributed by atoms with van der Waals surface area (Å²) in [4.78, 5) is 10.5. The molecule has 0 bridgehead atoms. The van der Waals surface area contributed by atoms with E-state index < -0.39 is 0 Å². The summed E-state index contributed by atoms with van der Waals surface area (Å²) >= 11 is 5.14. The second kappa shape index (κ2) is 6.59. The first-order valence-corrected chi connectivity index (χ1v) is 7.96. The van der Waals surface area contributed by atoms with E-state index in [2.05, 4.69) is 40.1 Å². The zero-order chi connectivity index (χ0) is 13.8. The molecule has 0 radical (unpaired) electrons. The maximum Gasteiger partial charge on any atom is 0.142 e. The van der Waals surface area contributed by atoms with Crippen molar-refractivity contribution in [1.29, 1.82) is 0 Å². The van der Waals surface area contributed by atoms with Gasteiger partial charge in [0.2, 0.25) is 0 Å². The second-order valence-electron chi connectivity index (χ2n) is 4.88. The molecule has 0 saturated heterocycles. The largest absolute Gasteiger partial charge is 0.315 e. The molecule has 0 atom stereocenters. The third kappa shape index (κ3) is 3.84. The van der Waals surface area contributed by atoms with E-state index in [4.69, 9.17) is 4.98 Å². The number of aromatic nitrogens is 2. The molecule has 0 aliphatic heterocycles. The molecular formula is C14H18BrN3S. The minimum atomic E-state index is 0.614. The predicted molar refractivity (Wildman–Crippen MR) is 84.4 cm³/mol. The third-order valence-corrected chi connectivity index (χ3v) is 4.25. The van der Waals surface area contributed by atoms with Gasteiger partial charge in [0.1, 0.15) is 5.01 Å². The molecule has 2 rings (SSSR count). The van der Waals surface area contributed by atoms with Crippen molar-refractivity contribution in [3.8, 4) is 10.7 Å². The summed E-state index contributed by atoms with van der Waals surface area (Å²) in [5, 5.41) is 4.22. The van der Waals surface area contributed by atoms with E-state index in [1.54, 1.807) is 11.3 Å². The minimum absolute atomic E-state index is 0.614. The molecule has 0 amide bonds. The lowest BCUT2D eigenvalue weighted by atomic mass is 10.1. The quantitative estimate of drug-likeness (QED) is 0.897. The minimum Gasteiger partial charge on any atom is -0.315 e. The molecule has 0 aliphatic rings. The number of hydrogen-bond acceptors (Lipinski definition) is 4. The van der Waals surface area contributed by atoms with Gasteiger partial charge in [-0.05, 0) is 47.4 Å². The summed E-state index contributed by atoms with van der Waals surface area (Å²) in [6.07, 6.45) is 2.83. The highest BCUT2D eigenvalue weighted by molar-refractivity contribution is 9.10. The fourth-order valence-electron chi connectivity index (χ4n) is 1.84. The first-order chi connectivity index (χ1) is 9.10. The maximum atomic E-state index is 4.77. The number of halogens is 1. The molecule has 0 spiro atoms. The number of pyridine rings is 1. The highest BCUT2D eigenvalue weighted by Crippen LogP contribution is 2.28. The monoisotopic (exact) mass is 339 g/mol. The predicted octanol–water partition coefficient (Wildman–Crippen LogP) is 3.89. The number of thiazole rings is 1. The Morgan fingerprint density at radius 1 is 1.37 bits per heavy atom. The molecule has 0 unspecified atom stereocenters. The van der Waals surface area contributed by atoms with Gasteiger partial charge in [0.05, 0.1) is 11.4 Å². The number of nitrogens with zero attached hydrogens (tertiary/aromatic N) is 2. The van der Waals surface area contributed by atoms with Crippen molar-refractivity contribution in [2.75, 3.05) is 7.05 Å². The van der Waals surface area contributed by atoms with Crippen LogP contribution < -0.4 is 5.32 Å². The average Bonchev–Trinajstić information content (AvgIpc) is 2.73. The number of nitrogens with one attached hydrogen (secondary N) is 1. The van der Waals surface area contributed by atoms with E-state index in [0.29, 0.717) is 5.92 Å². The first kappa shape index (κ1) is 14.6. The van der Waals surface area contributed by atoms with Gasteiger partial charge in [-0.1, -0.05) is 13.8 Å². The highest BCUT2D eigenvalue weighted by atomic mass is 79.9. The van der Waals surface area contributed by atoms with E-state index in [0.717, 1.165) is 28.1 Å². The van der Waals surface area contributed by atoms with Crippen LogP contribution in [0.4, 0.5) is 0 Å². The lowest BCUT2D eigenvalue weighted by Crippen LogP contribution is -2.07. The Balaban J connectivity index is 2.33. The van der Waals surface area contributed by atoms with Gasteiger partial charge >= 0.3 is 0 Å². The van der Waals surface area contributed by atoms with Gasteiger partial charge in [-0.25, -0.2) is 4.98 Å². The summed E-state index contributed by atoms with van der Waals surface area (Å²) in [6, 6.07) is 4.01. The van der Waals surface area contributed by atoms with Crippen LogP contribution in [0.1, 0.15) is 24.4 Å². The van der Waals surface area contributed by atoms with Gasteiger partial charge in [0.15, 0.2) is 0 Å². The van der Waals surface area contributed by atoms with E-state index in [-0.39, 0.29) is 0 Å². The Morgan fingerprint density at radius 3 is 2.74 bits per heavy atom. The zero-order valence-electron chi connectivity index (χ0n) is 11.4. The van der Waals surface area contributed by atoms with Crippen LogP contribution in [0.5, 0.6) is 0 Å². The van der Waals surface area contributed by atoms with E-state index in [9.17, 15) is 0 Å². The van der Waals surface area contributed by atoms with Crippen LogP contribution in [0.3, 0.4) is 0 Å². The van der Waals surface area contributed by atoms with Gasteiger partial charge in [-0.15, -0.1) is 11.3 Å². The van der Waals surface area contributed by atoms with Crippen molar-refractivity contribution in [2.45, 2.75) is 26.8 Å². The highest BCUT2D eigenvalue weighted by Gasteiger charge is 2.13. The van der Waals surface area contributed by atoms with Crippen LogP contribution in [0.2, 0.25) is 0 Å². The van der Waals surface area contributed by atoms with Crippen LogP contribution in [-0.2, 0) is 13.0 Å². The lowest BCUT2D eigenvalue weighted by Gasteiger charge is -2.03. The molecule has 2 aromatic rings. The fourth-order valence-corrected chi connectivity index (χ4v) is 3.15. The van der Waals surface area contributed by atoms with Gasteiger partial charge in [0.25, 0.3) is 0 Å². The number of hydrogen-bond donors (Lipinski definition) is 1. The Morgan fingerprint density at radius 2 is 2.16 bits per heavy atom. The Bertz CT molecular complexity index is 534. The molecular weight excluding hydrogens is 322 g/mol. The summed E-state index contributed by atoms with van der Waals surface area (Å²) in [5.74, 6) is 0.614. The average molecular weight is 340 g/mol. The molecule has 5 heteroatoms. The standard InChI is InChI=1S/C14H18BrN3S/c1-9(2)6-12-13(8-16-3)19-14(18-12)11-5-4-10(15)7-17-11/h4-5,7,9,16H,6,8H2,1-3H3. The topological polar surface area (TPSA) is 37.8 Å². The molecule has 1 N–H and O–H groups in total. The van der Waals surface area contributed by atoms with Gasteiger partial charge in [-0.2, -0.15) is 0 Å². The van der Waals surface area contributed by atoms with Crippen molar-refractivity contribution in [3.63, 3.8) is 0 Å². The van der Waals surface area contributed by atoms with Crippen LogP contribution in [0.15, 0.2) is 22.8 Å². The lowest BCUT2D eigenvalue weighted by molar-refractivity contribution is 0.631. The summed E-state index contributed by atoms with van der Waals surface area (Å²) in [5.41, 5.74) is 2.15. The molecule has 3 nitrogen and oxygen atoms in total. The van der Waals surface area contributed by atoms with Gasteiger partial charge in [0, 0.05) is 22.1 Å². The SMILES string of the molecule is CNCc1sc(-c2ccc(Br)cn2)nc1CC(C)C. The molecule has 0 fully saturated rings. The Labute approximate surface area is 126 Å². The van der Waals surface area contributed by atoms with E-state index >= 15 is 0 Å². The van der Waals surface area contributed by atoms with Crippen molar-refractivity contribution >= 4 is 27.3 Å². The molecule has 0 aromatic carbocycles. The molecule has 0 aliphatic carbocycles.